The number of hydrogen-bond donors (Lipinski definition) is 0. The molecule has 0 radical (unpaired) electrons. The minimum atomic E-state index is -0.225. The summed E-state index contributed by atoms with van der Waals surface area (Å²) in [5.41, 5.74) is 5.94. The third kappa shape index (κ3) is 3.61. The Bertz CT molecular complexity index is 683. The van der Waals surface area contributed by atoms with Gasteiger partial charge in [0.05, 0.1) is 7.11 Å². The molecule has 0 unspecified atom stereocenters. The van der Waals surface area contributed by atoms with Crippen molar-refractivity contribution in [3.8, 4) is 0 Å². The summed E-state index contributed by atoms with van der Waals surface area (Å²) < 4.78 is 4.81. The summed E-state index contributed by atoms with van der Waals surface area (Å²) >= 11 is 0. The van der Waals surface area contributed by atoms with Crippen LogP contribution in [-0.2, 0) is 9.53 Å². The molecule has 0 N–H and O–H groups in total. The van der Waals surface area contributed by atoms with Gasteiger partial charge in [0, 0.05) is 6.08 Å². The maximum absolute atomic E-state index is 11.6. The first-order valence-corrected chi connectivity index (χ1v) is 11.5. The van der Waals surface area contributed by atoms with E-state index in [1.807, 2.05) is 5.57 Å². The number of carbonyl (C=O) groups is 1. The number of esters is 1. The fourth-order valence-corrected chi connectivity index (χ4v) is 7.21. The van der Waals surface area contributed by atoms with E-state index in [1.165, 1.54) is 52.1 Å². The van der Waals surface area contributed by atoms with E-state index in [4.69, 9.17) is 4.74 Å². The molecule has 0 heterocycles. The van der Waals surface area contributed by atoms with Gasteiger partial charge in [-0.2, -0.15) is 0 Å². The van der Waals surface area contributed by atoms with E-state index < -0.39 is 0 Å². The van der Waals surface area contributed by atoms with Crippen molar-refractivity contribution in [1.82, 2.24) is 0 Å². The molecule has 1 fully saturated rings. The lowest BCUT2D eigenvalue weighted by Gasteiger charge is -2.59. The van der Waals surface area contributed by atoms with Crippen LogP contribution in [0.4, 0.5) is 0 Å². The number of allylic oxidation sites excluding steroid dienone is 3. The predicted octanol–water partition coefficient (Wildman–Crippen LogP) is 7.25. The highest BCUT2D eigenvalue weighted by atomic mass is 16.5. The molecule has 0 aromatic rings. The van der Waals surface area contributed by atoms with E-state index in [9.17, 15) is 4.79 Å². The topological polar surface area (TPSA) is 26.3 Å². The maximum atomic E-state index is 11.6. The zero-order valence-corrected chi connectivity index (χ0v) is 19.4. The molecule has 1 saturated carbocycles. The van der Waals surface area contributed by atoms with Crippen LogP contribution in [0.15, 0.2) is 22.8 Å². The fourth-order valence-electron chi connectivity index (χ4n) is 7.21. The van der Waals surface area contributed by atoms with Crippen molar-refractivity contribution in [3.05, 3.63) is 22.8 Å². The van der Waals surface area contributed by atoms with Crippen molar-refractivity contribution in [1.29, 1.82) is 0 Å². The van der Waals surface area contributed by atoms with Crippen molar-refractivity contribution < 1.29 is 9.53 Å². The van der Waals surface area contributed by atoms with Crippen molar-refractivity contribution in [3.63, 3.8) is 0 Å². The highest BCUT2D eigenvalue weighted by molar-refractivity contribution is 5.82. The Labute approximate surface area is 173 Å². The highest BCUT2D eigenvalue weighted by Crippen LogP contribution is 2.65. The van der Waals surface area contributed by atoms with Gasteiger partial charge >= 0.3 is 5.97 Å². The summed E-state index contributed by atoms with van der Waals surface area (Å²) in [5.74, 6) is 1.33. The standard InChI is InChI=1S/C26H42O2/c1-18(17-23(27)28-7)13-16-25(5)19(2)9-10-21-20(25)11-12-22-24(3,4)14-8-15-26(21,22)6/h17,19,22H,8-16H2,1-7H3/b18-17+/t19-,22-,25-,26+/m0/s1. The van der Waals surface area contributed by atoms with Gasteiger partial charge in [0.2, 0.25) is 0 Å². The number of methoxy groups -OCH3 is 1. The van der Waals surface area contributed by atoms with Crippen LogP contribution in [0.1, 0.15) is 99.3 Å². The molecule has 2 nitrogen and oxygen atoms in total. The fraction of sp³-hybridized carbons (Fsp3) is 0.808. The molecule has 0 amide bonds. The molecular formula is C26H42O2. The van der Waals surface area contributed by atoms with Crippen LogP contribution >= 0.6 is 0 Å². The molecule has 3 aliphatic carbocycles. The van der Waals surface area contributed by atoms with Crippen molar-refractivity contribution in [2.45, 2.75) is 99.3 Å². The van der Waals surface area contributed by atoms with Crippen LogP contribution in [0, 0.1) is 28.1 Å². The van der Waals surface area contributed by atoms with Gasteiger partial charge < -0.3 is 4.74 Å². The van der Waals surface area contributed by atoms with Gasteiger partial charge in [-0.15, -0.1) is 0 Å². The summed E-state index contributed by atoms with van der Waals surface area (Å²) in [6.07, 6.45) is 13.2. The summed E-state index contributed by atoms with van der Waals surface area (Å²) in [6.45, 7) is 14.7. The van der Waals surface area contributed by atoms with Crippen LogP contribution in [0.2, 0.25) is 0 Å². The van der Waals surface area contributed by atoms with Gasteiger partial charge in [0.1, 0.15) is 0 Å². The lowest BCUT2D eigenvalue weighted by atomic mass is 9.46. The summed E-state index contributed by atoms with van der Waals surface area (Å²) in [7, 11) is 1.46. The molecule has 3 aliphatic rings. The molecule has 0 spiro atoms. The van der Waals surface area contributed by atoms with E-state index in [1.54, 1.807) is 11.6 Å². The largest absolute Gasteiger partial charge is 0.466 e. The number of hydrogen-bond acceptors (Lipinski definition) is 2. The molecule has 0 saturated heterocycles. The Kier molecular flexibility index (Phi) is 5.92. The summed E-state index contributed by atoms with van der Waals surface area (Å²) in [6, 6.07) is 0. The number of fused-ring (bicyclic) bond motifs is 2. The summed E-state index contributed by atoms with van der Waals surface area (Å²) in [4.78, 5) is 11.6. The minimum absolute atomic E-state index is 0.225. The molecule has 28 heavy (non-hydrogen) atoms. The third-order valence-corrected chi connectivity index (χ3v) is 9.17. The molecule has 0 aromatic heterocycles. The van der Waals surface area contributed by atoms with Gasteiger partial charge in [-0.05, 0) is 86.4 Å². The van der Waals surface area contributed by atoms with Crippen LogP contribution in [0.3, 0.4) is 0 Å². The van der Waals surface area contributed by atoms with Gasteiger partial charge in [-0.3, -0.25) is 0 Å². The third-order valence-electron chi connectivity index (χ3n) is 9.17. The van der Waals surface area contributed by atoms with E-state index in [2.05, 4.69) is 41.5 Å². The Hall–Kier alpha value is -1.05. The normalized spacial score (nSPS) is 37.9. The Balaban J connectivity index is 1.91. The van der Waals surface area contributed by atoms with Gasteiger partial charge in [0.25, 0.3) is 0 Å². The number of carbonyl (C=O) groups excluding carboxylic acids is 1. The van der Waals surface area contributed by atoms with Gasteiger partial charge in [0.15, 0.2) is 0 Å². The second kappa shape index (κ2) is 7.65. The molecule has 158 valence electrons. The zero-order chi connectivity index (χ0) is 20.7. The molecule has 0 aliphatic heterocycles. The van der Waals surface area contributed by atoms with E-state index in [-0.39, 0.29) is 11.4 Å². The first-order valence-electron chi connectivity index (χ1n) is 11.5. The molecule has 0 aromatic carbocycles. The van der Waals surface area contributed by atoms with E-state index in [0.29, 0.717) is 16.7 Å². The lowest BCUT2D eigenvalue weighted by Crippen LogP contribution is -2.49. The smallest absolute Gasteiger partial charge is 0.330 e. The lowest BCUT2D eigenvalue weighted by molar-refractivity contribution is -0.134. The number of ether oxygens (including phenoxy) is 1. The average molecular weight is 387 g/mol. The molecule has 2 heteroatoms. The Morgan fingerprint density at radius 1 is 1.11 bits per heavy atom. The second-order valence-corrected chi connectivity index (χ2v) is 11.2. The van der Waals surface area contributed by atoms with Gasteiger partial charge in [-0.1, -0.05) is 57.8 Å². The van der Waals surface area contributed by atoms with Gasteiger partial charge in [-0.25, -0.2) is 4.79 Å². The monoisotopic (exact) mass is 386 g/mol. The molecule has 4 atom stereocenters. The zero-order valence-electron chi connectivity index (χ0n) is 19.4. The number of rotatable bonds is 4. The maximum Gasteiger partial charge on any atom is 0.330 e. The van der Waals surface area contributed by atoms with Crippen LogP contribution in [-0.4, -0.2) is 13.1 Å². The quantitative estimate of drug-likeness (QED) is 0.289. The predicted molar refractivity (Wildman–Crippen MR) is 117 cm³/mol. The molecule has 0 bridgehead atoms. The van der Waals surface area contributed by atoms with E-state index in [0.717, 1.165) is 24.3 Å². The summed E-state index contributed by atoms with van der Waals surface area (Å²) in [5, 5.41) is 0. The average Bonchev–Trinajstić information content (AvgIpc) is 2.62. The molecule has 3 rings (SSSR count). The van der Waals surface area contributed by atoms with Crippen LogP contribution in [0.25, 0.3) is 0 Å². The SMILES string of the molecule is COC(=O)/C=C(\C)CC[C@]1(C)C2=C(CC[C@@H]1C)[C@@]1(C)CCCC(C)(C)[C@@H]1CC2. The minimum Gasteiger partial charge on any atom is -0.466 e. The first-order chi connectivity index (χ1) is 13.0. The Morgan fingerprint density at radius 3 is 2.46 bits per heavy atom. The Morgan fingerprint density at radius 2 is 1.79 bits per heavy atom. The van der Waals surface area contributed by atoms with Crippen molar-refractivity contribution in [2.75, 3.05) is 7.11 Å². The molecular weight excluding hydrogens is 344 g/mol. The van der Waals surface area contributed by atoms with Crippen molar-refractivity contribution in [2.24, 2.45) is 28.1 Å². The van der Waals surface area contributed by atoms with Crippen LogP contribution < -0.4 is 0 Å². The van der Waals surface area contributed by atoms with Crippen molar-refractivity contribution >= 4 is 5.97 Å². The second-order valence-electron chi connectivity index (χ2n) is 11.2. The van der Waals surface area contributed by atoms with E-state index >= 15 is 0 Å². The van der Waals surface area contributed by atoms with Crippen LogP contribution in [0.5, 0.6) is 0 Å². The highest BCUT2D eigenvalue weighted by Gasteiger charge is 2.54. The first kappa shape index (κ1) is 21.7.